The van der Waals surface area contributed by atoms with E-state index in [2.05, 4.69) is 18.9 Å². The Morgan fingerprint density at radius 2 is 2.43 bits per heavy atom. The lowest BCUT2D eigenvalue weighted by Crippen LogP contribution is -2.44. The Morgan fingerprint density at radius 3 is 2.93 bits per heavy atom. The molecule has 1 saturated heterocycles. The maximum atomic E-state index is 5.53. The van der Waals surface area contributed by atoms with Crippen molar-refractivity contribution in [2.45, 2.75) is 38.3 Å². The number of rotatable bonds is 4. The topological polar surface area (TPSA) is 38.5 Å². The van der Waals surface area contributed by atoms with E-state index in [1.165, 1.54) is 6.42 Å². The number of ether oxygens (including phenoxy) is 1. The summed E-state index contributed by atoms with van der Waals surface area (Å²) in [7, 11) is 2.13. The fraction of sp³-hybridized carbons (Fsp3) is 0.900. The molecule has 0 aromatic carbocycles. The van der Waals surface area contributed by atoms with Crippen LogP contribution in [0.4, 0.5) is 0 Å². The van der Waals surface area contributed by atoms with Gasteiger partial charge in [-0.1, -0.05) is 12.2 Å². The van der Waals surface area contributed by atoms with E-state index in [0.717, 1.165) is 26.1 Å². The Hall–Kier alpha value is -0.190. The molecule has 2 unspecified atom stereocenters. The van der Waals surface area contributed by atoms with E-state index in [9.17, 15) is 0 Å². The van der Waals surface area contributed by atoms with Crippen LogP contribution in [-0.4, -0.2) is 42.2 Å². The molecule has 1 rings (SSSR count). The van der Waals surface area contributed by atoms with Crippen molar-refractivity contribution in [3.8, 4) is 0 Å². The monoisotopic (exact) mass is 216 g/mol. The van der Waals surface area contributed by atoms with Gasteiger partial charge in [-0.25, -0.2) is 0 Å². The van der Waals surface area contributed by atoms with E-state index in [0.29, 0.717) is 17.1 Å². The van der Waals surface area contributed by atoms with Gasteiger partial charge in [-0.2, -0.15) is 0 Å². The highest BCUT2D eigenvalue weighted by Crippen LogP contribution is 2.15. The zero-order chi connectivity index (χ0) is 10.6. The first kappa shape index (κ1) is 11.9. The minimum Gasteiger partial charge on any atom is -0.393 e. The SMILES string of the molecule is CC(CC(N)=S)N(C)C1CCCOC1. The van der Waals surface area contributed by atoms with Crippen molar-refractivity contribution in [3.05, 3.63) is 0 Å². The van der Waals surface area contributed by atoms with Crippen molar-refractivity contribution in [3.63, 3.8) is 0 Å². The summed E-state index contributed by atoms with van der Waals surface area (Å²) < 4.78 is 5.45. The number of likely N-dealkylation sites (N-methyl/N-ethyl adjacent to an activating group) is 1. The molecule has 1 heterocycles. The first-order valence-electron chi connectivity index (χ1n) is 5.19. The van der Waals surface area contributed by atoms with Crippen molar-refractivity contribution in [2.24, 2.45) is 5.73 Å². The summed E-state index contributed by atoms with van der Waals surface area (Å²) in [6, 6.07) is 0.951. The molecule has 0 aliphatic carbocycles. The molecule has 0 aromatic heterocycles. The number of nitrogens with zero attached hydrogens (tertiary/aromatic N) is 1. The van der Waals surface area contributed by atoms with Crippen LogP contribution in [0.3, 0.4) is 0 Å². The highest BCUT2D eigenvalue weighted by atomic mass is 32.1. The van der Waals surface area contributed by atoms with E-state index in [1.54, 1.807) is 0 Å². The molecule has 4 heteroatoms. The second-order valence-corrected chi connectivity index (χ2v) is 4.58. The van der Waals surface area contributed by atoms with Crippen molar-refractivity contribution in [1.29, 1.82) is 0 Å². The van der Waals surface area contributed by atoms with Gasteiger partial charge in [-0.05, 0) is 26.8 Å². The second kappa shape index (κ2) is 5.63. The van der Waals surface area contributed by atoms with Crippen LogP contribution in [-0.2, 0) is 4.74 Å². The molecular formula is C10H20N2OS. The molecule has 2 atom stereocenters. The molecule has 0 saturated carbocycles. The second-order valence-electron chi connectivity index (χ2n) is 4.06. The molecule has 0 spiro atoms. The Balaban J connectivity index is 2.37. The third-order valence-corrected chi connectivity index (χ3v) is 3.07. The number of hydrogen-bond acceptors (Lipinski definition) is 3. The minimum atomic E-state index is 0.416. The normalized spacial score (nSPS) is 24.9. The predicted molar refractivity (Wildman–Crippen MR) is 62.5 cm³/mol. The summed E-state index contributed by atoms with van der Waals surface area (Å²) in [6.07, 6.45) is 3.18. The van der Waals surface area contributed by atoms with Crippen LogP contribution < -0.4 is 5.73 Å². The lowest BCUT2D eigenvalue weighted by Gasteiger charge is -2.35. The van der Waals surface area contributed by atoms with Crippen molar-refractivity contribution < 1.29 is 4.74 Å². The zero-order valence-corrected chi connectivity index (χ0v) is 9.85. The first-order valence-corrected chi connectivity index (χ1v) is 5.60. The van der Waals surface area contributed by atoms with Gasteiger partial charge < -0.3 is 10.5 Å². The van der Waals surface area contributed by atoms with Crippen LogP contribution in [0.25, 0.3) is 0 Å². The standard InChI is InChI=1S/C10H20N2OS/c1-8(6-10(11)14)12(2)9-4-3-5-13-7-9/h8-9H,3-7H2,1-2H3,(H2,11,14). The van der Waals surface area contributed by atoms with E-state index in [-0.39, 0.29) is 0 Å². The maximum absolute atomic E-state index is 5.53. The average molecular weight is 216 g/mol. The van der Waals surface area contributed by atoms with Gasteiger partial charge in [0.25, 0.3) is 0 Å². The highest BCUT2D eigenvalue weighted by Gasteiger charge is 2.22. The summed E-state index contributed by atoms with van der Waals surface area (Å²) in [5.74, 6) is 0. The maximum Gasteiger partial charge on any atom is 0.0742 e. The van der Waals surface area contributed by atoms with Crippen molar-refractivity contribution in [2.75, 3.05) is 20.3 Å². The van der Waals surface area contributed by atoms with E-state index in [1.807, 2.05) is 0 Å². The summed E-state index contributed by atoms with van der Waals surface area (Å²) in [6.45, 7) is 3.92. The summed E-state index contributed by atoms with van der Waals surface area (Å²) in [4.78, 5) is 2.93. The lowest BCUT2D eigenvalue weighted by molar-refractivity contribution is 0.0159. The number of hydrogen-bond donors (Lipinski definition) is 1. The van der Waals surface area contributed by atoms with Gasteiger partial charge in [0.15, 0.2) is 0 Å². The summed E-state index contributed by atoms with van der Waals surface area (Å²) >= 11 is 4.91. The molecule has 14 heavy (non-hydrogen) atoms. The predicted octanol–water partition coefficient (Wildman–Crippen LogP) is 1.16. The quantitative estimate of drug-likeness (QED) is 0.716. The number of thiocarbonyl (C=S) groups is 1. The smallest absolute Gasteiger partial charge is 0.0742 e. The Morgan fingerprint density at radius 1 is 1.71 bits per heavy atom. The molecule has 1 aliphatic heterocycles. The van der Waals surface area contributed by atoms with Gasteiger partial charge in [-0.15, -0.1) is 0 Å². The molecule has 0 aromatic rings. The lowest BCUT2D eigenvalue weighted by atomic mass is 10.1. The van der Waals surface area contributed by atoms with Gasteiger partial charge in [0.05, 0.1) is 11.6 Å². The van der Waals surface area contributed by atoms with Crippen LogP contribution in [0.2, 0.25) is 0 Å². The number of nitrogens with two attached hydrogens (primary N) is 1. The molecule has 0 amide bonds. The Labute approximate surface area is 91.6 Å². The van der Waals surface area contributed by atoms with Gasteiger partial charge in [0, 0.05) is 25.1 Å². The molecular weight excluding hydrogens is 196 g/mol. The molecule has 1 fully saturated rings. The van der Waals surface area contributed by atoms with Crippen LogP contribution in [0.5, 0.6) is 0 Å². The zero-order valence-electron chi connectivity index (χ0n) is 9.03. The van der Waals surface area contributed by atoms with Crippen molar-refractivity contribution in [1.82, 2.24) is 4.90 Å². The summed E-state index contributed by atoms with van der Waals surface area (Å²) in [5.41, 5.74) is 5.53. The van der Waals surface area contributed by atoms with E-state index < -0.39 is 0 Å². The van der Waals surface area contributed by atoms with Gasteiger partial charge >= 0.3 is 0 Å². The molecule has 1 aliphatic rings. The Bertz CT molecular complexity index is 193. The summed E-state index contributed by atoms with van der Waals surface area (Å²) in [5, 5.41) is 0. The van der Waals surface area contributed by atoms with Crippen LogP contribution in [0.1, 0.15) is 26.2 Å². The fourth-order valence-corrected chi connectivity index (χ4v) is 2.08. The fourth-order valence-electron chi connectivity index (χ4n) is 1.84. The molecule has 0 bridgehead atoms. The van der Waals surface area contributed by atoms with Crippen LogP contribution >= 0.6 is 12.2 Å². The first-order chi connectivity index (χ1) is 6.61. The van der Waals surface area contributed by atoms with E-state index >= 15 is 0 Å². The largest absolute Gasteiger partial charge is 0.393 e. The van der Waals surface area contributed by atoms with Gasteiger partial charge in [-0.3, -0.25) is 4.90 Å². The van der Waals surface area contributed by atoms with Crippen molar-refractivity contribution >= 4 is 17.2 Å². The van der Waals surface area contributed by atoms with E-state index in [4.69, 9.17) is 22.7 Å². The highest BCUT2D eigenvalue weighted by molar-refractivity contribution is 7.80. The average Bonchev–Trinajstić information content (AvgIpc) is 2.17. The molecule has 2 N–H and O–H groups in total. The van der Waals surface area contributed by atoms with Gasteiger partial charge in [0.2, 0.25) is 0 Å². The van der Waals surface area contributed by atoms with Crippen LogP contribution in [0, 0.1) is 0 Å². The Kier molecular flexibility index (Phi) is 4.78. The third-order valence-electron chi connectivity index (χ3n) is 2.90. The molecule has 3 nitrogen and oxygen atoms in total. The molecule has 82 valence electrons. The van der Waals surface area contributed by atoms with Gasteiger partial charge in [0.1, 0.15) is 0 Å². The third kappa shape index (κ3) is 3.52. The van der Waals surface area contributed by atoms with Crippen LogP contribution in [0.15, 0.2) is 0 Å². The molecule has 0 radical (unpaired) electrons. The minimum absolute atomic E-state index is 0.416.